The molecule has 23 nitrogen and oxygen atoms in total. The molecule has 0 saturated carbocycles. The number of carbonyl (C=O) groups is 2. The summed E-state index contributed by atoms with van der Waals surface area (Å²) in [6, 6.07) is 0. The first-order chi connectivity index (χ1) is 26.2. The van der Waals surface area contributed by atoms with Gasteiger partial charge in [-0.25, -0.2) is 28.6 Å². The molecule has 316 valence electrons. The van der Waals surface area contributed by atoms with Gasteiger partial charge in [-0.2, -0.15) is 4.31 Å². The molecule has 10 N–H and O–H groups in total. The normalized spacial score (nSPS) is 23.7. The molecule has 27 heteroatoms. The van der Waals surface area contributed by atoms with E-state index in [1.807, 2.05) is 0 Å². The summed E-state index contributed by atoms with van der Waals surface area (Å²) < 4.78 is 62.3. The Balaban J connectivity index is 1.23. The minimum Gasteiger partial charge on any atom is -0.386 e. The number of rotatable bonds is 20. The minimum atomic E-state index is -5.55. The lowest BCUT2D eigenvalue weighted by atomic mass is 9.87. The summed E-state index contributed by atoms with van der Waals surface area (Å²) in [4.78, 5) is 77.2. The van der Waals surface area contributed by atoms with Crippen molar-refractivity contribution in [2.45, 2.75) is 89.4 Å². The zero-order valence-electron chi connectivity index (χ0n) is 30.5. The Morgan fingerprint density at radius 3 is 2.50 bits per heavy atom. The Morgan fingerprint density at radius 1 is 1.05 bits per heavy atom. The van der Waals surface area contributed by atoms with Crippen molar-refractivity contribution in [3.8, 4) is 0 Å². The van der Waals surface area contributed by atoms with Crippen LogP contribution in [0.4, 0.5) is 5.82 Å². The summed E-state index contributed by atoms with van der Waals surface area (Å²) in [6.45, 7) is 0.924. The molecule has 2 amide bonds. The second kappa shape index (κ2) is 20.1. The van der Waals surface area contributed by atoms with Crippen molar-refractivity contribution >= 4 is 64.0 Å². The molecule has 1 aliphatic carbocycles. The predicted octanol–water partition coefficient (Wildman–Crippen LogP) is 1.38. The first-order valence-electron chi connectivity index (χ1n) is 17.4. The number of ether oxygens (including phenoxy) is 1. The Morgan fingerprint density at radius 2 is 1.77 bits per heavy atom. The molecule has 0 aromatic carbocycles. The third kappa shape index (κ3) is 13.9. The van der Waals surface area contributed by atoms with Crippen LogP contribution in [0.25, 0.3) is 11.2 Å². The van der Waals surface area contributed by atoms with Gasteiger partial charge < -0.3 is 50.9 Å². The van der Waals surface area contributed by atoms with Gasteiger partial charge in [0, 0.05) is 30.7 Å². The number of aliphatic hydroxyl groups excluding tert-OH is 2. The fourth-order valence-corrected chi connectivity index (χ4v) is 9.43. The Kier molecular flexibility index (Phi) is 16.6. The van der Waals surface area contributed by atoms with Crippen molar-refractivity contribution in [3.05, 3.63) is 23.6 Å². The molecule has 1 aliphatic heterocycles. The van der Waals surface area contributed by atoms with Crippen molar-refractivity contribution in [1.29, 1.82) is 0 Å². The predicted molar refractivity (Wildman–Crippen MR) is 198 cm³/mol. The summed E-state index contributed by atoms with van der Waals surface area (Å²) in [7, 11) is -16.3. The molecule has 1 saturated heterocycles. The van der Waals surface area contributed by atoms with Crippen LogP contribution in [0.2, 0.25) is 0 Å². The number of phosphoric ester groups is 3. The van der Waals surface area contributed by atoms with Gasteiger partial charge in [-0.3, -0.25) is 27.7 Å². The lowest BCUT2D eigenvalue weighted by Gasteiger charge is -2.30. The van der Waals surface area contributed by atoms with Gasteiger partial charge in [-0.05, 0) is 30.6 Å². The van der Waals surface area contributed by atoms with Crippen molar-refractivity contribution in [1.82, 2.24) is 30.2 Å². The number of fused-ring (bicyclic) bond motifs is 1. The van der Waals surface area contributed by atoms with E-state index < -0.39 is 78.6 Å². The molecular weight excluding hydrogens is 827 g/mol. The van der Waals surface area contributed by atoms with Crippen LogP contribution in [0, 0.1) is 5.41 Å². The van der Waals surface area contributed by atoms with Crippen LogP contribution < -0.4 is 16.4 Å². The molecule has 2 aromatic rings. The lowest BCUT2D eigenvalue weighted by molar-refractivity contribution is -0.137. The number of amides is 2. The molecule has 2 unspecified atom stereocenters. The lowest BCUT2D eigenvalue weighted by Crippen LogP contribution is -2.46. The summed E-state index contributed by atoms with van der Waals surface area (Å²) in [5, 5.41) is 26.7. The standard InChI is InChI=1S/C29H48N7O16P3S/c1-29(2,24(39)27(40)32-11-10-20(37)31-12-13-56-18-8-6-4-3-5-7-9-18)15-49-55(46,47)52-54(44,45)48-14-19-23(51-53(41,42)43)22(38)28(50-19)36-17-35-21-25(30)33-16-34-26(21)36/h8,16-17,19,22-24,28,38-39H,3-7,9-15H2,1-2H3,(H,31,37)(H,32,40)(H,44,45)(H,46,47)(H2,30,33,34)(H2,41,42,43)/t19-,22-,23-,24+,28-/m1/s1. The number of nitrogen functional groups attached to an aromatic ring is 1. The van der Waals surface area contributed by atoms with E-state index in [4.69, 9.17) is 19.5 Å². The smallest absolute Gasteiger partial charge is 0.386 e. The Bertz CT molecular complexity index is 1850. The maximum Gasteiger partial charge on any atom is 0.481 e. The molecule has 3 heterocycles. The monoisotopic (exact) mass is 875 g/mol. The fraction of sp³-hybridized carbons (Fsp3) is 0.690. The molecule has 0 bridgehead atoms. The van der Waals surface area contributed by atoms with Crippen molar-refractivity contribution < 1.29 is 75.7 Å². The van der Waals surface area contributed by atoms with E-state index in [-0.39, 0.29) is 35.9 Å². The van der Waals surface area contributed by atoms with Gasteiger partial charge in [-0.15, -0.1) is 11.8 Å². The number of allylic oxidation sites excluding steroid dienone is 2. The summed E-state index contributed by atoms with van der Waals surface area (Å²) in [6.07, 6.45) is 2.47. The van der Waals surface area contributed by atoms with E-state index in [2.05, 4.69) is 40.5 Å². The highest BCUT2D eigenvalue weighted by Gasteiger charge is 2.50. The minimum absolute atomic E-state index is 0.0333. The molecule has 0 radical (unpaired) electrons. The number of thioether (sulfide) groups is 1. The number of nitrogens with zero attached hydrogens (tertiary/aromatic N) is 4. The highest BCUT2D eigenvalue weighted by Crippen LogP contribution is 2.61. The third-order valence-corrected chi connectivity index (χ3v) is 12.8. The first-order valence-corrected chi connectivity index (χ1v) is 22.9. The van der Waals surface area contributed by atoms with E-state index in [1.165, 1.54) is 38.0 Å². The van der Waals surface area contributed by atoms with E-state index in [1.54, 1.807) is 11.8 Å². The third-order valence-electron chi connectivity index (χ3n) is 8.54. The first kappa shape index (κ1) is 46.3. The highest BCUT2D eigenvalue weighted by molar-refractivity contribution is 8.03. The van der Waals surface area contributed by atoms with Crippen LogP contribution in [0.5, 0.6) is 0 Å². The number of nitrogens with one attached hydrogen (secondary N) is 2. The molecular formula is C29H48N7O16P3S. The van der Waals surface area contributed by atoms with E-state index in [9.17, 15) is 53.1 Å². The second-order valence-electron chi connectivity index (χ2n) is 13.5. The topological polar surface area (TPSA) is 347 Å². The summed E-state index contributed by atoms with van der Waals surface area (Å²) in [5.74, 6) is -0.559. The quantitative estimate of drug-likeness (QED) is 0.0670. The number of hydrogen-bond donors (Lipinski definition) is 9. The van der Waals surface area contributed by atoms with Gasteiger partial charge in [0.25, 0.3) is 0 Å². The number of hydrogen-bond acceptors (Lipinski definition) is 17. The average Bonchev–Trinajstić information content (AvgIpc) is 3.65. The summed E-state index contributed by atoms with van der Waals surface area (Å²) >= 11 is 1.71. The van der Waals surface area contributed by atoms with Crippen LogP contribution in [-0.4, -0.2) is 118 Å². The highest BCUT2D eigenvalue weighted by atomic mass is 32.2. The van der Waals surface area contributed by atoms with Gasteiger partial charge in [0.15, 0.2) is 17.7 Å². The second-order valence-corrected chi connectivity index (χ2v) is 19.0. The number of phosphoric acid groups is 3. The largest absolute Gasteiger partial charge is 0.481 e. The zero-order chi connectivity index (χ0) is 41.3. The average molecular weight is 876 g/mol. The maximum absolute atomic E-state index is 12.7. The maximum atomic E-state index is 12.7. The Hall–Kier alpha value is -2.37. The number of imidazole rings is 1. The fourth-order valence-electron chi connectivity index (χ4n) is 5.61. The SMILES string of the molecule is CC(C)(COP(=O)(O)OP(=O)(O)OC[C@H]1O[C@@H](n2cnc3c(N)ncnc32)[C@H](O)[C@@H]1OP(=O)(O)O)[C@@H](O)C(=O)NCCC(=O)NCCSC1=CCCCCCC1. The molecule has 7 atom stereocenters. The van der Waals surface area contributed by atoms with Crippen LogP contribution in [0.15, 0.2) is 23.6 Å². The molecule has 0 spiro atoms. The van der Waals surface area contributed by atoms with Crippen LogP contribution in [0.3, 0.4) is 0 Å². The van der Waals surface area contributed by atoms with Gasteiger partial charge >= 0.3 is 23.5 Å². The molecule has 2 aromatic heterocycles. The zero-order valence-corrected chi connectivity index (χ0v) is 34.0. The number of anilines is 1. The number of aliphatic hydroxyl groups is 2. The van der Waals surface area contributed by atoms with Gasteiger partial charge in [0.1, 0.15) is 36.3 Å². The van der Waals surface area contributed by atoms with Gasteiger partial charge in [0.05, 0.1) is 19.5 Å². The van der Waals surface area contributed by atoms with Crippen LogP contribution in [-0.2, 0) is 45.9 Å². The van der Waals surface area contributed by atoms with E-state index in [0.717, 1.165) is 36.5 Å². The van der Waals surface area contributed by atoms with E-state index >= 15 is 0 Å². The molecule has 56 heavy (non-hydrogen) atoms. The van der Waals surface area contributed by atoms with Crippen molar-refractivity contribution in [3.63, 3.8) is 0 Å². The number of carbonyl (C=O) groups excluding carboxylic acids is 2. The number of aromatic nitrogens is 4. The van der Waals surface area contributed by atoms with E-state index in [0.29, 0.717) is 12.3 Å². The molecule has 1 fully saturated rings. The molecule has 2 aliphatic rings. The van der Waals surface area contributed by atoms with Gasteiger partial charge in [-0.1, -0.05) is 32.8 Å². The van der Waals surface area contributed by atoms with Crippen molar-refractivity contribution in [2.75, 3.05) is 37.8 Å². The molecule has 4 rings (SSSR count). The van der Waals surface area contributed by atoms with Crippen LogP contribution in [0.1, 0.15) is 65.0 Å². The Labute approximate surface area is 325 Å². The van der Waals surface area contributed by atoms with Gasteiger partial charge in [0.2, 0.25) is 11.8 Å². The number of nitrogens with two attached hydrogens (primary N) is 1. The summed E-state index contributed by atoms with van der Waals surface area (Å²) in [5.41, 5.74) is 4.33. The van der Waals surface area contributed by atoms with Crippen LogP contribution >= 0.6 is 35.2 Å². The van der Waals surface area contributed by atoms with Crippen molar-refractivity contribution in [2.24, 2.45) is 5.41 Å².